The van der Waals surface area contributed by atoms with Crippen molar-refractivity contribution < 1.29 is 18.3 Å². The number of nitrogens with one attached hydrogen (secondary N) is 1. The highest BCUT2D eigenvalue weighted by Crippen LogP contribution is 2.27. The Morgan fingerprint density at radius 3 is 2.63 bits per heavy atom. The van der Waals surface area contributed by atoms with Crippen LogP contribution < -0.4 is 5.32 Å². The van der Waals surface area contributed by atoms with E-state index in [4.69, 9.17) is 5.11 Å². The molecule has 3 nitrogen and oxygen atoms in total. The average molecular weight is 282 g/mol. The maximum absolute atomic E-state index is 12.5. The predicted molar refractivity (Wildman–Crippen MR) is 69.0 cm³/mol. The number of hydrogen-bond donors (Lipinski definition) is 2. The van der Waals surface area contributed by atoms with Gasteiger partial charge in [-0.3, -0.25) is 4.90 Å². The Morgan fingerprint density at radius 2 is 2.05 bits per heavy atom. The molecule has 0 aromatic heterocycles. The largest absolute Gasteiger partial charge is 0.401 e. The molecule has 1 fully saturated rings. The maximum atomic E-state index is 12.5. The summed E-state index contributed by atoms with van der Waals surface area (Å²) < 4.78 is 37.4. The van der Waals surface area contributed by atoms with Crippen molar-refractivity contribution in [3.8, 4) is 0 Å². The zero-order chi connectivity index (χ0) is 14.3. The average Bonchev–Trinajstić information content (AvgIpc) is 2.72. The van der Waals surface area contributed by atoms with E-state index in [0.717, 1.165) is 32.2 Å². The van der Waals surface area contributed by atoms with E-state index in [1.54, 1.807) is 0 Å². The Morgan fingerprint density at radius 1 is 1.32 bits per heavy atom. The predicted octanol–water partition coefficient (Wildman–Crippen LogP) is 2.01. The molecular formula is C13H25F3N2O. The van der Waals surface area contributed by atoms with Crippen molar-refractivity contribution >= 4 is 0 Å². The Kier molecular flexibility index (Phi) is 7.10. The van der Waals surface area contributed by atoms with E-state index in [-0.39, 0.29) is 19.1 Å². The maximum Gasteiger partial charge on any atom is 0.401 e. The van der Waals surface area contributed by atoms with Crippen LogP contribution in [0.4, 0.5) is 13.2 Å². The van der Waals surface area contributed by atoms with Gasteiger partial charge in [0.25, 0.3) is 0 Å². The lowest BCUT2D eigenvalue weighted by atomic mass is 10.0. The van der Waals surface area contributed by atoms with Crippen molar-refractivity contribution in [2.24, 2.45) is 5.92 Å². The van der Waals surface area contributed by atoms with Gasteiger partial charge in [0.15, 0.2) is 0 Å². The fraction of sp³-hybridized carbons (Fsp3) is 1.00. The molecular weight excluding hydrogens is 257 g/mol. The van der Waals surface area contributed by atoms with Gasteiger partial charge in [-0.05, 0) is 31.7 Å². The van der Waals surface area contributed by atoms with Crippen molar-refractivity contribution in [1.29, 1.82) is 0 Å². The topological polar surface area (TPSA) is 35.5 Å². The van der Waals surface area contributed by atoms with Crippen molar-refractivity contribution in [1.82, 2.24) is 10.2 Å². The van der Waals surface area contributed by atoms with Crippen LogP contribution in [-0.4, -0.2) is 55.0 Å². The molecule has 1 aliphatic carbocycles. The van der Waals surface area contributed by atoms with E-state index in [1.165, 1.54) is 4.90 Å². The van der Waals surface area contributed by atoms with Crippen LogP contribution in [0, 0.1) is 5.92 Å². The molecule has 0 amide bonds. The molecule has 0 aromatic rings. The smallest absolute Gasteiger partial charge is 0.395 e. The van der Waals surface area contributed by atoms with Crippen molar-refractivity contribution in [2.45, 2.75) is 44.8 Å². The zero-order valence-electron chi connectivity index (χ0n) is 11.5. The van der Waals surface area contributed by atoms with Crippen LogP contribution in [0.15, 0.2) is 0 Å². The van der Waals surface area contributed by atoms with E-state index in [9.17, 15) is 13.2 Å². The fourth-order valence-corrected chi connectivity index (χ4v) is 2.82. The minimum absolute atomic E-state index is 0.0938. The Bertz CT molecular complexity index is 249. The minimum Gasteiger partial charge on any atom is -0.395 e. The van der Waals surface area contributed by atoms with E-state index >= 15 is 0 Å². The molecule has 0 radical (unpaired) electrons. The molecule has 0 aromatic carbocycles. The van der Waals surface area contributed by atoms with Crippen LogP contribution in [0.25, 0.3) is 0 Å². The first-order valence-corrected chi connectivity index (χ1v) is 7.09. The van der Waals surface area contributed by atoms with Gasteiger partial charge in [-0.15, -0.1) is 0 Å². The van der Waals surface area contributed by atoms with Gasteiger partial charge in [0.05, 0.1) is 13.2 Å². The quantitative estimate of drug-likeness (QED) is 0.715. The Labute approximate surface area is 113 Å². The third kappa shape index (κ3) is 6.58. The number of aliphatic hydroxyl groups excluding tert-OH is 1. The number of aliphatic hydroxyl groups is 1. The number of nitrogens with zero attached hydrogens (tertiary/aromatic N) is 1. The summed E-state index contributed by atoms with van der Waals surface area (Å²) in [5.41, 5.74) is 0. The van der Waals surface area contributed by atoms with E-state index in [1.807, 2.05) is 0 Å². The van der Waals surface area contributed by atoms with Gasteiger partial charge < -0.3 is 10.4 Å². The summed E-state index contributed by atoms with van der Waals surface area (Å²) in [4.78, 5) is 1.33. The monoisotopic (exact) mass is 282 g/mol. The molecule has 19 heavy (non-hydrogen) atoms. The lowest BCUT2D eigenvalue weighted by molar-refractivity contribution is -0.148. The normalized spacial score (nSPS) is 24.3. The molecule has 2 atom stereocenters. The molecule has 6 heteroatoms. The first-order chi connectivity index (χ1) is 8.96. The summed E-state index contributed by atoms with van der Waals surface area (Å²) in [6, 6.07) is 0.328. The van der Waals surface area contributed by atoms with Crippen LogP contribution in [0.3, 0.4) is 0 Å². The third-order valence-corrected chi connectivity index (χ3v) is 3.63. The highest BCUT2D eigenvalue weighted by Gasteiger charge is 2.34. The van der Waals surface area contributed by atoms with Crippen LogP contribution in [-0.2, 0) is 0 Å². The van der Waals surface area contributed by atoms with Gasteiger partial charge in [0, 0.05) is 19.1 Å². The molecule has 1 rings (SSSR count). The summed E-state index contributed by atoms with van der Waals surface area (Å²) in [6.45, 7) is 2.36. The lowest BCUT2D eigenvalue weighted by Gasteiger charge is -2.29. The molecule has 0 heterocycles. The number of rotatable bonds is 8. The first kappa shape index (κ1) is 16.7. The fourth-order valence-electron chi connectivity index (χ4n) is 2.82. The minimum atomic E-state index is -4.19. The van der Waals surface area contributed by atoms with Crippen LogP contribution >= 0.6 is 0 Å². The lowest BCUT2D eigenvalue weighted by Crippen LogP contribution is -2.43. The molecule has 1 saturated carbocycles. The summed E-state index contributed by atoms with van der Waals surface area (Å²) in [5.74, 6) is 0.264. The summed E-state index contributed by atoms with van der Waals surface area (Å²) in [7, 11) is 0. The van der Waals surface area contributed by atoms with Crippen LogP contribution in [0.5, 0.6) is 0 Å². The van der Waals surface area contributed by atoms with Gasteiger partial charge in [-0.2, -0.15) is 13.2 Å². The van der Waals surface area contributed by atoms with Gasteiger partial charge >= 0.3 is 6.18 Å². The molecule has 0 aliphatic heterocycles. The van der Waals surface area contributed by atoms with Crippen molar-refractivity contribution in [2.75, 3.05) is 32.8 Å². The number of alkyl halides is 3. The second-order valence-electron chi connectivity index (χ2n) is 5.33. The van der Waals surface area contributed by atoms with Gasteiger partial charge in [0.2, 0.25) is 0 Å². The second-order valence-corrected chi connectivity index (χ2v) is 5.33. The molecule has 1 aliphatic rings. The summed E-state index contributed by atoms with van der Waals surface area (Å²) in [6.07, 6.45) is -0.0674. The highest BCUT2D eigenvalue weighted by molar-refractivity contribution is 4.85. The van der Waals surface area contributed by atoms with Crippen LogP contribution in [0.2, 0.25) is 0 Å². The van der Waals surface area contributed by atoms with Gasteiger partial charge in [0.1, 0.15) is 0 Å². The third-order valence-electron chi connectivity index (χ3n) is 3.63. The number of hydrogen-bond acceptors (Lipinski definition) is 3. The van der Waals surface area contributed by atoms with E-state index in [2.05, 4.69) is 12.2 Å². The van der Waals surface area contributed by atoms with E-state index in [0.29, 0.717) is 12.6 Å². The second kappa shape index (κ2) is 8.07. The number of halogens is 3. The van der Waals surface area contributed by atoms with Gasteiger partial charge in [-0.25, -0.2) is 0 Å². The first-order valence-electron chi connectivity index (χ1n) is 7.09. The molecule has 2 unspecified atom stereocenters. The molecule has 0 spiro atoms. The SMILES string of the molecule is CCCNC1CCCC1CN(CCO)CC(F)(F)F. The summed E-state index contributed by atoms with van der Waals surface area (Å²) in [5, 5.41) is 12.3. The zero-order valence-corrected chi connectivity index (χ0v) is 11.5. The van der Waals surface area contributed by atoms with Gasteiger partial charge in [-0.1, -0.05) is 13.3 Å². The molecule has 0 saturated heterocycles. The molecule has 2 N–H and O–H groups in total. The highest BCUT2D eigenvalue weighted by atomic mass is 19.4. The van der Waals surface area contributed by atoms with Crippen molar-refractivity contribution in [3.05, 3.63) is 0 Å². The Balaban J connectivity index is 2.47. The van der Waals surface area contributed by atoms with Crippen LogP contribution in [0.1, 0.15) is 32.6 Å². The molecule has 0 bridgehead atoms. The Hall–Kier alpha value is -0.330. The van der Waals surface area contributed by atoms with Crippen molar-refractivity contribution in [3.63, 3.8) is 0 Å². The van der Waals surface area contributed by atoms with E-state index < -0.39 is 12.7 Å². The molecule has 114 valence electrons. The standard InChI is InChI=1S/C13H25F3N2O/c1-2-6-17-12-5-3-4-11(12)9-18(7-8-19)10-13(14,15)16/h11-12,17,19H,2-10H2,1H3. The summed E-state index contributed by atoms with van der Waals surface area (Å²) >= 11 is 0.